The summed E-state index contributed by atoms with van der Waals surface area (Å²) in [6, 6.07) is 0.00993. The Bertz CT molecular complexity index is 634. The number of hydrogen-bond acceptors (Lipinski definition) is 3. The topological polar surface area (TPSA) is 61.7 Å². The van der Waals surface area contributed by atoms with E-state index in [0.717, 1.165) is 51.9 Å². The third-order valence-electron chi connectivity index (χ3n) is 5.56. The molecule has 0 aromatic carbocycles. The summed E-state index contributed by atoms with van der Waals surface area (Å²) in [5, 5.41) is 4.37. The monoisotopic (exact) mass is 361 g/mol. The van der Waals surface area contributed by atoms with Crippen LogP contribution in [0.1, 0.15) is 31.2 Å². The number of urea groups is 1. The Kier molecular flexibility index (Phi) is 5.84. The maximum atomic E-state index is 12.9. The van der Waals surface area contributed by atoms with Crippen molar-refractivity contribution in [3.63, 3.8) is 0 Å². The quantitative estimate of drug-likeness (QED) is 0.825. The Balaban J connectivity index is 1.49. The number of amides is 3. The van der Waals surface area contributed by atoms with E-state index in [1.54, 1.807) is 19.0 Å². The maximum Gasteiger partial charge on any atom is 0.319 e. The number of nitrogens with zero attached hydrogens (tertiary/aromatic N) is 5. The fraction of sp³-hybridized carbons (Fsp3) is 0.737. The number of aromatic nitrogens is 2. The molecule has 2 aliphatic rings. The van der Waals surface area contributed by atoms with Crippen molar-refractivity contribution in [3.8, 4) is 0 Å². The Labute approximate surface area is 155 Å². The number of piperidine rings is 2. The zero-order valence-electron chi connectivity index (χ0n) is 16.2. The third-order valence-corrected chi connectivity index (χ3v) is 5.56. The maximum absolute atomic E-state index is 12.9. The van der Waals surface area contributed by atoms with Crippen LogP contribution in [-0.2, 0) is 11.3 Å². The molecule has 2 aliphatic heterocycles. The molecule has 3 heterocycles. The van der Waals surface area contributed by atoms with Crippen LogP contribution in [0.3, 0.4) is 0 Å². The van der Waals surface area contributed by atoms with E-state index < -0.39 is 0 Å². The van der Waals surface area contributed by atoms with E-state index >= 15 is 0 Å². The molecule has 0 spiro atoms. The Morgan fingerprint density at radius 3 is 2.50 bits per heavy atom. The van der Waals surface area contributed by atoms with E-state index in [1.807, 2.05) is 20.7 Å². The van der Waals surface area contributed by atoms with Gasteiger partial charge in [-0.15, -0.1) is 0 Å². The molecule has 1 aromatic heterocycles. The standard InChI is InChI=1S/C19H31N5O2/c1-15-11-20-24(12-15)13-16-6-9-22(10-7-16)18(25)17-5-4-8-23(14-17)19(26)21(2)3/h11-12,16-17H,4-10,13-14H2,1-3H3. The fourth-order valence-corrected chi connectivity index (χ4v) is 4.06. The van der Waals surface area contributed by atoms with Gasteiger partial charge < -0.3 is 14.7 Å². The highest BCUT2D eigenvalue weighted by atomic mass is 16.2. The average Bonchev–Trinajstić information content (AvgIpc) is 3.06. The van der Waals surface area contributed by atoms with Gasteiger partial charge in [0.2, 0.25) is 5.91 Å². The van der Waals surface area contributed by atoms with Crippen molar-refractivity contribution in [2.24, 2.45) is 11.8 Å². The average molecular weight is 361 g/mol. The zero-order valence-corrected chi connectivity index (χ0v) is 16.2. The molecule has 2 fully saturated rings. The molecular weight excluding hydrogens is 330 g/mol. The molecule has 0 saturated carbocycles. The van der Waals surface area contributed by atoms with Crippen LogP contribution in [-0.4, -0.2) is 76.7 Å². The number of likely N-dealkylation sites (tertiary alicyclic amines) is 2. The van der Waals surface area contributed by atoms with Crippen molar-refractivity contribution in [2.75, 3.05) is 40.3 Å². The normalized spacial score (nSPS) is 21.7. The molecule has 0 bridgehead atoms. The van der Waals surface area contributed by atoms with Gasteiger partial charge >= 0.3 is 6.03 Å². The lowest BCUT2D eigenvalue weighted by atomic mass is 9.93. The summed E-state index contributed by atoms with van der Waals surface area (Å²) in [6.07, 6.45) is 7.82. The summed E-state index contributed by atoms with van der Waals surface area (Å²) in [6.45, 7) is 5.95. The summed E-state index contributed by atoms with van der Waals surface area (Å²) in [7, 11) is 3.53. The first-order valence-electron chi connectivity index (χ1n) is 9.68. The minimum atomic E-state index is -0.0436. The van der Waals surface area contributed by atoms with Gasteiger partial charge in [-0.1, -0.05) is 0 Å². The smallest absolute Gasteiger partial charge is 0.319 e. The molecule has 7 heteroatoms. The SMILES string of the molecule is Cc1cnn(CC2CCN(C(=O)C3CCCN(C(=O)N(C)C)C3)CC2)c1. The van der Waals surface area contributed by atoms with Gasteiger partial charge in [0.25, 0.3) is 0 Å². The van der Waals surface area contributed by atoms with Crippen molar-refractivity contribution in [1.29, 1.82) is 0 Å². The second-order valence-corrected chi connectivity index (χ2v) is 7.97. The van der Waals surface area contributed by atoms with Crippen molar-refractivity contribution < 1.29 is 9.59 Å². The van der Waals surface area contributed by atoms with Crippen LogP contribution in [0.2, 0.25) is 0 Å². The molecule has 7 nitrogen and oxygen atoms in total. The lowest BCUT2D eigenvalue weighted by Crippen LogP contribution is -2.50. The van der Waals surface area contributed by atoms with E-state index in [-0.39, 0.29) is 17.9 Å². The molecule has 3 amide bonds. The Hall–Kier alpha value is -2.05. The summed E-state index contributed by atoms with van der Waals surface area (Å²) in [5.41, 5.74) is 1.19. The second-order valence-electron chi connectivity index (χ2n) is 7.97. The lowest BCUT2D eigenvalue weighted by molar-refractivity contribution is -0.138. The summed E-state index contributed by atoms with van der Waals surface area (Å²) in [4.78, 5) is 30.5. The minimum absolute atomic E-state index is 0.00993. The number of aryl methyl sites for hydroxylation is 1. The minimum Gasteiger partial charge on any atom is -0.342 e. The molecule has 2 saturated heterocycles. The first kappa shape index (κ1) is 18.7. The van der Waals surface area contributed by atoms with Crippen LogP contribution >= 0.6 is 0 Å². The highest BCUT2D eigenvalue weighted by molar-refractivity contribution is 5.81. The van der Waals surface area contributed by atoms with Gasteiger partial charge in [-0.2, -0.15) is 5.10 Å². The fourth-order valence-electron chi connectivity index (χ4n) is 4.06. The van der Waals surface area contributed by atoms with E-state index in [4.69, 9.17) is 0 Å². The van der Waals surface area contributed by atoms with Crippen molar-refractivity contribution in [1.82, 2.24) is 24.5 Å². The van der Waals surface area contributed by atoms with Crippen molar-refractivity contribution >= 4 is 11.9 Å². The van der Waals surface area contributed by atoms with Gasteiger partial charge in [0.05, 0.1) is 12.1 Å². The van der Waals surface area contributed by atoms with Crippen LogP contribution in [0, 0.1) is 18.8 Å². The van der Waals surface area contributed by atoms with Crippen LogP contribution in [0.5, 0.6) is 0 Å². The third kappa shape index (κ3) is 4.37. The van der Waals surface area contributed by atoms with Gasteiger partial charge in [-0.25, -0.2) is 4.79 Å². The van der Waals surface area contributed by atoms with E-state index in [9.17, 15) is 9.59 Å². The summed E-state index contributed by atoms with van der Waals surface area (Å²) < 4.78 is 2.02. The molecule has 26 heavy (non-hydrogen) atoms. The van der Waals surface area contributed by atoms with Crippen LogP contribution in [0.4, 0.5) is 4.79 Å². The van der Waals surface area contributed by atoms with E-state index in [0.29, 0.717) is 12.5 Å². The van der Waals surface area contributed by atoms with E-state index in [2.05, 4.69) is 18.2 Å². The lowest BCUT2D eigenvalue weighted by Gasteiger charge is -2.38. The van der Waals surface area contributed by atoms with Crippen molar-refractivity contribution in [3.05, 3.63) is 18.0 Å². The molecule has 1 aromatic rings. The van der Waals surface area contributed by atoms with Gasteiger partial charge in [0.1, 0.15) is 0 Å². The number of carbonyl (C=O) groups is 2. The summed E-state index contributed by atoms with van der Waals surface area (Å²) >= 11 is 0. The van der Waals surface area contributed by atoms with Gasteiger partial charge in [-0.3, -0.25) is 9.48 Å². The highest BCUT2D eigenvalue weighted by Gasteiger charge is 2.33. The zero-order chi connectivity index (χ0) is 18.7. The predicted octanol–water partition coefficient (Wildman–Crippen LogP) is 1.82. The first-order chi connectivity index (χ1) is 12.4. The first-order valence-corrected chi connectivity index (χ1v) is 9.68. The highest BCUT2D eigenvalue weighted by Crippen LogP contribution is 2.24. The molecule has 1 unspecified atom stereocenters. The van der Waals surface area contributed by atoms with Gasteiger partial charge in [0, 0.05) is 53.0 Å². The second kappa shape index (κ2) is 8.10. The molecule has 0 radical (unpaired) electrons. The number of rotatable bonds is 3. The Morgan fingerprint density at radius 2 is 1.88 bits per heavy atom. The molecule has 1 atom stereocenters. The molecule has 144 valence electrons. The van der Waals surface area contributed by atoms with Gasteiger partial charge in [-0.05, 0) is 44.1 Å². The molecule has 0 N–H and O–H groups in total. The number of hydrogen-bond donors (Lipinski definition) is 0. The van der Waals surface area contributed by atoms with E-state index in [1.165, 1.54) is 5.56 Å². The van der Waals surface area contributed by atoms with Crippen molar-refractivity contribution in [2.45, 2.75) is 39.2 Å². The van der Waals surface area contributed by atoms with Gasteiger partial charge in [0.15, 0.2) is 0 Å². The van der Waals surface area contributed by atoms with Crippen LogP contribution < -0.4 is 0 Å². The Morgan fingerprint density at radius 1 is 1.15 bits per heavy atom. The summed E-state index contributed by atoms with van der Waals surface area (Å²) in [5.74, 6) is 0.768. The largest absolute Gasteiger partial charge is 0.342 e. The predicted molar refractivity (Wildman–Crippen MR) is 99.6 cm³/mol. The molecule has 0 aliphatic carbocycles. The number of carbonyl (C=O) groups excluding carboxylic acids is 2. The molecular formula is C19H31N5O2. The molecule has 3 rings (SSSR count). The van der Waals surface area contributed by atoms with Crippen LogP contribution in [0.25, 0.3) is 0 Å². The van der Waals surface area contributed by atoms with Crippen LogP contribution in [0.15, 0.2) is 12.4 Å².